The molecule has 24 heavy (non-hydrogen) atoms. The number of nitrogens with one attached hydrogen (secondary N) is 1. The number of hydrogen-bond donors (Lipinski definition) is 1. The van der Waals surface area contributed by atoms with Gasteiger partial charge in [0.2, 0.25) is 5.91 Å². The lowest BCUT2D eigenvalue weighted by Crippen LogP contribution is -2.42. The number of likely N-dealkylation sites (tertiary alicyclic amines) is 1. The monoisotopic (exact) mass is 336 g/mol. The second-order valence-corrected chi connectivity index (χ2v) is 6.16. The van der Waals surface area contributed by atoms with Crippen LogP contribution < -0.4 is 14.8 Å². The fourth-order valence-electron chi connectivity index (χ4n) is 3.26. The van der Waals surface area contributed by atoms with E-state index in [1.807, 2.05) is 25.1 Å². The van der Waals surface area contributed by atoms with Gasteiger partial charge in [0.05, 0.1) is 27.4 Å². The van der Waals surface area contributed by atoms with Gasteiger partial charge in [-0.05, 0) is 32.4 Å². The molecule has 0 bridgehead atoms. The normalized spacial score (nSPS) is 19.1. The lowest BCUT2D eigenvalue weighted by Gasteiger charge is -2.26. The Bertz CT molecular complexity index is 550. The highest BCUT2D eigenvalue weighted by atomic mass is 16.5. The molecule has 1 heterocycles. The summed E-state index contributed by atoms with van der Waals surface area (Å²) in [6.45, 7) is 3.75. The van der Waals surface area contributed by atoms with E-state index >= 15 is 0 Å². The number of carbonyl (C=O) groups is 1. The van der Waals surface area contributed by atoms with E-state index in [0.717, 1.165) is 36.4 Å². The lowest BCUT2D eigenvalue weighted by molar-refractivity contribution is -0.123. The van der Waals surface area contributed by atoms with Crippen molar-refractivity contribution >= 4 is 5.91 Å². The third-order valence-corrected chi connectivity index (χ3v) is 4.33. The minimum atomic E-state index is 0.0130. The maximum absolute atomic E-state index is 12.3. The quantitative estimate of drug-likeness (QED) is 0.787. The molecule has 0 aromatic heterocycles. The number of carbonyl (C=O) groups excluding carboxylic acids is 1. The number of amides is 1. The summed E-state index contributed by atoms with van der Waals surface area (Å²) >= 11 is 0. The van der Waals surface area contributed by atoms with Crippen LogP contribution in [0.5, 0.6) is 11.5 Å². The van der Waals surface area contributed by atoms with Crippen LogP contribution in [0.1, 0.15) is 31.4 Å². The summed E-state index contributed by atoms with van der Waals surface area (Å²) in [5, 5.41) is 2.97. The zero-order chi connectivity index (χ0) is 17.5. The van der Waals surface area contributed by atoms with Crippen LogP contribution in [-0.4, -0.2) is 57.9 Å². The highest BCUT2D eigenvalue weighted by molar-refractivity contribution is 5.78. The Morgan fingerprint density at radius 2 is 2.12 bits per heavy atom. The van der Waals surface area contributed by atoms with Crippen LogP contribution in [0.15, 0.2) is 18.2 Å². The van der Waals surface area contributed by atoms with Crippen molar-refractivity contribution in [1.29, 1.82) is 0 Å². The van der Waals surface area contributed by atoms with Gasteiger partial charge in [0, 0.05) is 30.8 Å². The molecule has 0 saturated carbocycles. The van der Waals surface area contributed by atoms with E-state index in [-0.39, 0.29) is 18.0 Å². The van der Waals surface area contributed by atoms with Crippen molar-refractivity contribution in [3.63, 3.8) is 0 Å². The van der Waals surface area contributed by atoms with Crippen molar-refractivity contribution in [1.82, 2.24) is 10.2 Å². The van der Waals surface area contributed by atoms with Crippen molar-refractivity contribution < 1.29 is 19.0 Å². The van der Waals surface area contributed by atoms with E-state index in [2.05, 4.69) is 10.2 Å². The summed E-state index contributed by atoms with van der Waals surface area (Å²) in [4.78, 5) is 14.5. The van der Waals surface area contributed by atoms with E-state index in [4.69, 9.17) is 14.2 Å². The second-order valence-electron chi connectivity index (χ2n) is 6.16. The zero-order valence-corrected chi connectivity index (χ0v) is 15.0. The molecule has 2 unspecified atom stereocenters. The zero-order valence-electron chi connectivity index (χ0n) is 15.0. The Morgan fingerprint density at radius 3 is 2.79 bits per heavy atom. The summed E-state index contributed by atoms with van der Waals surface area (Å²) in [7, 11) is 4.94. The van der Waals surface area contributed by atoms with Gasteiger partial charge in [-0.3, -0.25) is 9.69 Å². The van der Waals surface area contributed by atoms with Crippen molar-refractivity contribution in [2.75, 3.05) is 41.0 Å². The highest BCUT2D eigenvalue weighted by Crippen LogP contribution is 2.38. The predicted molar refractivity (Wildman–Crippen MR) is 92.6 cm³/mol. The van der Waals surface area contributed by atoms with Crippen LogP contribution >= 0.6 is 0 Å². The highest BCUT2D eigenvalue weighted by Gasteiger charge is 2.30. The topological polar surface area (TPSA) is 60.0 Å². The van der Waals surface area contributed by atoms with Gasteiger partial charge in [0.1, 0.15) is 11.5 Å². The van der Waals surface area contributed by atoms with E-state index in [9.17, 15) is 4.79 Å². The summed E-state index contributed by atoms with van der Waals surface area (Å²) < 4.78 is 15.8. The summed E-state index contributed by atoms with van der Waals surface area (Å²) in [5.41, 5.74) is 1.11. The van der Waals surface area contributed by atoms with Gasteiger partial charge in [-0.25, -0.2) is 0 Å². The molecule has 6 heteroatoms. The molecule has 1 aromatic carbocycles. The number of methoxy groups -OCH3 is 3. The number of benzene rings is 1. The first-order valence-corrected chi connectivity index (χ1v) is 8.33. The maximum Gasteiger partial charge on any atom is 0.234 e. The number of rotatable bonds is 8. The molecule has 2 atom stereocenters. The average molecular weight is 336 g/mol. The van der Waals surface area contributed by atoms with Crippen LogP contribution in [0.2, 0.25) is 0 Å². The van der Waals surface area contributed by atoms with Gasteiger partial charge < -0.3 is 19.5 Å². The Balaban J connectivity index is 2.06. The predicted octanol–water partition coefficient (Wildman–Crippen LogP) is 1.99. The molecule has 6 nitrogen and oxygen atoms in total. The van der Waals surface area contributed by atoms with Crippen molar-refractivity contribution in [3.8, 4) is 11.5 Å². The average Bonchev–Trinajstić information content (AvgIpc) is 3.01. The minimum Gasteiger partial charge on any atom is -0.497 e. The molecule has 134 valence electrons. The number of nitrogens with zero attached hydrogens (tertiary/aromatic N) is 1. The van der Waals surface area contributed by atoms with Crippen molar-refractivity contribution in [2.24, 2.45) is 0 Å². The van der Waals surface area contributed by atoms with Crippen LogP contribution in [0.4, 0.5) is 0 Å². The number of hydrogen-bond acceptors (Lipinski definition) is 5. The Morgan fingerprint density at radius 1 is 1.33 bits per heavy atom. The Labute approximate surface area is 144 Å². The van der Waals surface area contributed by atoms with Gasteiger partial charge in [-0.1, -0.05) is 6.07 Å². The Kier molecular flexibility index (Phi) is 6.87. The van der Waals surface area contributed by atoms with Crippen molar-refractivity contribution in [3.05, 3.63) is 23.8 Å². The first-order chi connectivity index (χ1) is 11.6. The van der Waals surface area contributed by atoms with Crippen LogP contribution in [0.3, 0.4) is 0 Å². The molecule has 0 spiro atoms. The van der Waals surface area contributed by atoms with Gasteiger partial charge in [0.25, 0.3) is 0 Å². The molecule has 1 amide bonds. The van der Waals surface area contributed by atoms with E-state index in [1.54, 1.807) is 21.3 Å². The van der Waals surface area contributed by atoms with Gasteiger partial charge in [-0.2, -0.15) is 0 Å². The number of ether oxygens (including phenoxy) is 3. The van der Waals surface area contributed by atoms with Gasteiger partial charge in [0.15, 0.2) is 0 Å². The molecule has 1 fully saturated rings. The van der Waals surface area contributed by atoms with Crippen LogP contribution in [0, 0.1) is 0 Å². The molecule has 1 aromatic rings. The standard InChI is InChI=1S/C18H28N2O4/c1-13(12-22-2)19-18(21)11-20-9-5-6-16(20)15-8-7-14(23-3)10-17(15)24-4/h7-8,10,13,16H,5-6,9,11-12H2,1-4H3,(H,19,21). The fraction of sp³-hybridized carbons (Fsp3) is 0.611. The largest absolute Gasteiger partial charge is 0.497 e. The molecular formula is C18H28N2O4. The molecule has 0 radical (unpaired) electrons. The summed E-state index contributed by atoms with van der Waals surface area (Å²) in [6, 6.07) is 6.07. The maximum atomic E-state index is 12.3. The fourth-order valence-corrected chi connectivity index (χ4v) is 3.26. The van der Waals surface area contributed by atoms with Gasteiger partial charge in [-0.15, -0.1) is 0 Å². The summed E-state index contributed by atoms with van der Waals surface area (Å²) in [5.74, 6) is 1.60. The molecular weight excluding hydrogens is 308 g/mol. The van der Waals surface area contributed by atoms with E-state index in [1.165, 1.54) is 0 Å². The van der Waals surface area contributed by atoms with Crippen molar-refractivity contribution in [2.45, 2.75) is 31.8 Å². The molecule has 1 aliphatic heterocycles. The minimum absolute atomic E-state index is 0.0130. The van der Waals surface area contributed by atoms with E-state index < -0.39 is 0 Å². The molecule has 0 aliphatic carbocycles. The Hall–Kier alpha value is -1.79. The molecule has 1 aliphatic rings. The molecule has 1 saturated heterocycles. The molecule has 1 N–H and O–H groups in total. The van der Waals surface area contributed by atoms with Crippen LogP contribution in [0.25, 0.3) is 0 Å². The lowest BCUT2D eigenvalue weighted by atomic mass is 10.0. The van der Waals surface area contributed by atoms with Gasteiger partial charge >= 0.3 is 0 Å². The third-order valence-electron chi connectivity index (χ3n) is 4.33. The first-order valence-electron chi connectivity index (χ1n) is 8.33. The third kappa shape index (κ3) is 4.61. The van der Waals surface area contributed by atoms with E-state index in [0.29, 0.717) is 13.2 Å². The SMILES string of the molecule is COCC(C)NC(=O)CN1CCCC1c1ccc(OC)cc1OC. The second kappa shape index (κ2) is 8.89. The molecule has 2 rings (SSSR count). The smallest absolute Gasteiger partial charge is 0.234 e. The van der Waals surface area contributed by atoms with Crippen LogP contribution in [-0.2, 0) is 9.53 Å². The first kappa shape index (κ1) is 18.5. The summed E-state index contributed by atoms with van der Waals surface area (Å²) in [6.07, 6.45) is 2.09.